The molecule has 1 aliphatic carbocycles. The second-order valence-corrected chi connectivity index (χ2v) is 6.66. The standard InChI is InChI=1S/C11H18N2O6S/c1-2-19-11(16)12-20(17,18)13-6-7-4-3-5-8(7)9(13)10(14)15/h7-9H,2-6H2,1H3,(H,12,16)(H,14,15). The molecule has 0 radical (unpaired) electrons. The second-order valence-electron chi connectivity index (χ2n) is 5.04. The van der Waals surface area contributed by atoms with E-state index >= 15 is 0 Å². The molecule has 0 aromatic rings. The summed E-state index contributed by atoms with van der Waals surface area (Å²) >= 11 is 0. The van der Waals surface area contributed by atoms with E-state index in [1.54, 1.807) is 11.6 Å². The quantitative estimate of drug-likeness (QED) is 0.765. The topological polar surface area (TPSA) is 113 Å². The van der Waals surface area contributed by atoms with E-state index < -0.39 is 28.3 Å². The van der Waals surface area contributed by atoms with Crippen LogP contribution in [0.1, 0.15) is 26.2 Å². The summed E-state index contributed by atoms with van der Waals surface area (Å²) in [6, 6.07) is -1.10. The van der Waals surface area contributed by atoms with Gasteiger partial charge in [-0.2, -0.15) is 12.7 Å². The normalized spacial score (nSPS) is 29.9. The van der Waals surface area contributed by atoms with E-state index in [9.17, 15) is 23.1 Å². The fourth-order valence-electron chi connectivity index (χ4n) is 3.14. The van der Waals surface area contributed by atoms with E-state index in [4.69, 9.17) is 0 Å². The monoisotopic (exact) mass is 306 g/mol. The van der Waals surface area contributed by atoms with Crippen LogP contribution in [-0.4, -0.2) is 49.1 Å². The van der Waals surface area contributed by atoms with Crippen LogP contribution in [0.5, 0.6) is 0 Å². The van der Waals surface area contributed by atoms with Crippen molar-refractivity contribution in [3.63, 3.8) is 0 Å². The van der Waals surface area contributed by atoms with Gasteiger partial charge >= 0.3 is 22.3 Å². The Labute approximate surface area is 117 Å². The van der Waals surface area contributed by atoms with Gasteiger partial charge in [0.2, 0.25) is 0 Å². The third kappa shape index (κ3) is 2.73. The van der Waals surface area contributed by atoms with Crippen molar-refractivity contribution in [1.82, 2.24) is 9.03 Å². The van der Waals surface area contributed by atoms with E-state index in [-0.39, 0.29) is 25.0 Å². The molecule has 0 aromatic heterocycles. The molecule has 2 aliphatic rings. The maximum Gasteiger partial charge on any atom is 0.421 e. The minimum Gasteiger partial charge on any atom is -0.480 e. The number of aliphatic carboxylic acids is 1. The SMILES string of the molecule is CCOC(=O)NS(=O)(=O)N1CC2CCCC2C1C(=O)O. The molecule has 3 atom stereocenters. The smallest absolute Gasteiger partial charge is 0.421 e. The number of ether oxygens (including phenoxy) is 1. The number of hydrogen-bond donors (Lipinski definition) is 2. The summed E-state index contributed by atoms with van der Waals surface area (Å²) in [5.74, 6) is -1.30. The Hall–Kier alpha value is -1.35. The molecule has 1 saturated heterocycles. The van der Waals surface area contributed by atoms with Crippen molar-refractivity contribution in [2.45, 2.75) is 32.2 Å². The van der Waals surface area contributed by atoms with Gasteiger partial charge in [0.1, 0.15) is 6.04 Å². The maximum absolute atomic E-state index is 12.1. The molecule has 114 valence electrons. The molecule has 20 heavy (non-hydrogen) atoms. The lowest BCUT2D eigenvalue weighted by Gasteiger charge is -2.23. The summed E-state index contributed by atoms with van der Waals surface area (Å²) in [5, 5.41) is 9.28. The molecular formula is C11H18N2O6S. The number of fused-ring (bicyclic) bond motifs is 1. The zero-order chi connectivity index (χ0) is 14.9. The molecule has 1 aliphatic heterocycles. The number of amides is 1. The Balaban J connectivity index is 2.18. The Morgan fingerprint density at radius 2 is 2.10 bits per heavy atom. The van der Waals surface area contributed by atoms with Crippen molar-refractivity contribution >= 4 is 22.3 Å². The Kier molecular flexibility index (Phi) is 4.19. The molecule has 3 unspecified atom stereocenters. The first-order valence-electron chi connectivity index (χ1n) is 6.56. The zero-order valence-electron chi connectivity index (χ0n) is 11.1. The third-order valence-electron chi connectivity index (χ3n) is 3.90. The highest BCUT2D eigenvalue weighted by Crippen LogP contribution is 2.43. The van der Waals surface area contributed by atoms with Gasteiger partial charge in [0.25, 0.3) is 0 Å². The number of rotatable bonds is 4. The Morgan fingerprint density at radius 3 is 2.70 bits per heavy atom. The summed E-state index contributed by atoms with van der Waals surface area (Å²) in [4.78, 5) is 22.6. The van der Waals surface area contributed by atoms with Crippen molar-refractivity contribution in [3.8, 4) is 0 Å². The highest BCUT2D eigenvalue weighted by atomic mass is 32.2. The lowest BCUT2D eigenvalue weighted by atomic mass is 9.94. The largest absolute Gasteiger partial charge is 0.480 e. The van der Waals surface area contributed by atoms with Gasteiger partial charge in [-0.3, -0.25) is 4.79 Å². The summed E-state index contributed by atoms with van der Waals surface area (Å²) in [5.41, 5.74) is 0. The lowest BCUT2D eigenvalue weighted by molar-refractivity contribution is -0.142. The van der Waals surface area contributed by atoms with Gasteiger partial charge in [-0.15, -0.1) is 0 Å². The molecular weight excluding hydrogens is 288 g/mol. The summed E-state index contributed by atoms with van der Waals surface area (Å²) in [6.45, 7) is 1.72. The van der Waals surface area contributed by atoms with E-state index in [0.29, 0.717) is 6.42 Å². The van der Waals surface area contributed by atoms with Gasteiger partial charge in [-0.1, -0.05) is 6.42 Å². The summed E-state index contributed by atoms with van der Waals surface area (Å²) < 4.78 is 31.4. The van der Waals surface area contributed by atoms with Crippen molar-refractivity contribution in [1.29, 1.82) is 0 Å². The van der Waals surface area contributed by atoms with Gasteiger partial charge in [-0.05, 0) is 31.6 Å². The number of carbonyl (C=O) groups is 2. The van der Waals surface area contributed by atoms with Crippen LogP contribution < -0.4 is 4.72 Å². The van der Waals surface area contributed by atoms with Gasteiger partial charge in [0, 0.05) is 6.54 Å². The molecule has 2 rings (SSSR count). The second kappa shape index (κ2) is 5.57. The number of hydrogen-bond acceptors (Lipinski definition) is 5. The molecule has 2 N–H and O–H groups in total. The van der Waals surface area contributed by atoms with Gasteiger partial charge in [-0.25, -0.2) is 9.52 Å². The summed E-state index contributed by atoms with van der Waals surface area (Å²) in [7, 11) is -4.19. The molecule has 0 bridgehead atoms. The molecule has 1 saturated carbocycles. The molecule has 1 amide bonds. The van der Waals surface area contributed by atoms with Crippen LogP contribution in [0.3, 0.4) is 0 Å². The van der Waals surface area contributed by atoms with Crippen LogP contribution in [0, 0.1) is 11.8 Å². The van der Waals surface area contributed by atoms with Crippen molar-refractivity contribution < 1.29 is 27.9 Å². The minimum absolute atomic E-state index is 0.0367. The van der Waals surface area contributed by atoms with Gasteiger partial charge in [0.15, 0.2) is 0 Å². The Morgan fingerprint density at radius 1 is 1.40 bits per heavy atom. The van der Waals surface area contributed by atoms with Crippen molar-refractivity contribution in [2.75, 3.05) is 13.2 Å². The van der Waals surface area contributed by atoms with Crippen LogP contribution >= 0.6 is 0 Å². The number of carboxylic acid groups (broad SMARTS) is 1. The molecule has 1 heterocycles. The molecule has 9 heteroatoms. The number of carboxylic acids is 1. The first kappa shape index (κ1) is 15.0. The minimum atomic E-state index is -4.19. The Bertz CT molecular complexity index is 505. The average Bonchev–Trinajstić information content (AvgIpc) is 2.86. The third-order valence-corrected chi connectivity index (χ3v) is 5.32. The molecule has 2 fully saturated rings. The van der Waals surface area contributed by atoms with Crippen LogP contribution in [-0.2, 0) is 19.7 Å². The summed E-state index contributed by atoms with van der Waals surface area (Å²) in [6.07, 6.45) is 1.35. The number of nitrogens with one attached hydrogen (secondary N) is 1. The molecule has 0 aromatic carbocycles. The highest BCUT2D eigenvalue weighted by molar-refractivity contribution is 7.87. The number of nitrogens with zero attached hydrogens (tertiary/aromatic N) is 1. The van der Waals surface area contributed by atoms with E-state index in [1.807, 2.05) is 0 Å². The first-order chi connectivity index (χ1) is 9.36. The lowest BCUT2D eigenvalue weighted by Crippen LogP contribution is -2.49. The molecule has 0 spiro atoms. The van der Waals surface area contributed by atoms with E-state index in [0.717, 1.165) is 17.1 Å². The predicted octanol–water partition coefficient (Wildman–Crippen LogP) is 0.162. The van der Waals surface area contributed by atoms with Crippen molar-refractivity contribution in [3.05, 3.63) is 0 Å². The number of carbonyl (C=O) groups excluding carboxylic acids is 1. The predicted molar refractivity (Wildman–Crippen MR) is 68.0 cm³/mol. The first-order valence-corrected chi connectivity index (χ1v) is 8.00. The fraction of sp³-hybridized carbons (Fsp3) is 0.818. The van der Waals surface area contributed by atoms with E-state index in [1.165, 1.54) is 0 Å². The van der Waals surface area contributed by atoms with E-state index in [2.05, 4.69) is 4.74 Å². The van der Waals surface area contributed by atoms with Crippen LogP contribution in [0.25, 0.3) is 0 Å². The van der Waals surface area contributed by atoms with Crippen LogP contribution in [0.15, 0.2) is 0 Å². The van der Waals surface area contributed by atoms with Crippen LogP contribution in [0.2, 0.25) is 0 Å². The van der Waals surface area contributed by atoms with Crippen LogP contribution in [0.4, 0.5) is 4.79 Å². The molecule has 8 nitrogen and oxygen atoms in total. The van der Waals surface area contributed by atoms with Gasteiger partial charge < -0.3 is 9.84 Å². The average molecular weight is 306 g/mol. The maximum atomic E-state index is 12.1. The highest BCUT2D eigenvalue weighted by Gasteiger charge is 2.52. The van der Waals surface area contributed by atoms with Crippen molar-refractivity contribution in [2.24, 2.45) is 11.8 Å². The van der Waals surface area contributed by atoms with Gasteiger partial charge in [0.05, 0.1) is 6.61 Å². The fourth-order valence-corrected chi connectivity index (χ4v) is 4.46. The zero-order valence-corrected chi connectivity index (χ0v) is 11.9.